The Morgan fingerprint density at radius 3 is 2.21 bits per heavy atom. The lowest BCUT2D eigenvalue weighted by Crippen LogP contribution is -2.03. The van der Waals surface area contributed by atoms with Crippen LogP contribution in [0.4, 0.5) is 0 Å². The normalized spacial score (nSPS) is 10.7. The summed E-state index contributed by atoms with van der Waals surface area (Å²) >= 11 is 0. The summed E-state index contributed by atoms with van der Waals surface area (Å²) in [7, 11) is 0. The molecule has 3 aromatic rings. The Morgan fingerprint density at radius 1 is 1.00 bits per heavy atom. The van der Waals surface area contributed by atoms with Crippen LogP contribution in [0.3, 0.4) is 0 Å². The third kappa shape index (κ3) is 1.79. The van der Waals surface area contributed by atoms with E-state index >= 15 is 0 Å². The number of benzene rings is 2. The quantitative estimate of drug-likeness (QED) is 0.729. The number of carboxylic acid groups (broad SMARTS) is 1. The first kappa shape index (κ1) is 11.2. The molecule has 19 heavy (non-hydrogen) atoms. The Balaban J connectivity index is 2.21. The van der Waals surface area contributed by atoms with Gasteiger partial charge in [-0.25, -0.2) is 4.79 Å². The molecule has 0 aliphatic heterocycles. The average Bonchev–Trinajstić information content (AvgIpc) is 2.82. The second-order valence-electron chi connectivity index (χ2n) is 3.96. The van der Waals surface area contributed by atoms with E-state index in [1.54, 1.807) is 18.2 Å². The van der Waals surface area contributed by atoms with E-state index in [2.05, 4.69) is 10.2 Å². The Labute approximate surface area is 107 Å². The molecule has 0 amide bonds. The fourth-order valence-corrected chi connectivity index (χ4v) is 1.83. The van der Waals surface area contributed by atoms with Crippen LogP contribution in [0.15, 0.2) is 42.5 Å². The molecule has 1 aromatic heterocycles. The van der Waals surface area contributed by atoms with Gasteiger partial charge in [-0.15, -0.1) is 15.0 Å². The molecule has 0 saturated carbocycles. The predicted octanol–water partition coefficient (Wildman–Crippen LogP) is 1.82. The maximum absolute atomic E-state index is 11.0. The van der Waals surface area contributed by atoms with Crippen molar-refractivity contribution in [3.63, 3.8) is 0 Å². The summed E-state index contributed by atoms with van der Waals surface area (Å²) < 4.78 is 0. The molecule has 0 saturated heterocycles. The van der Waals surface area contributed by atoms with Crippen molar-refractivity contribution in [2.75, 3.05) is 0 Å². The summed E-state index contributed by atoms with van der Waals surface area (Å²) in [6, 6.07) is 11.6. The molecule has 0 fully saturated rings. The number of nitrogens with zero attached hydrogens (tertiary/aromatic N) is 3. The van der Waals surface area contributed by atoms with Gasteiger partial charge in [-0.2, -0.15) is 0 Å². The van der Waals surface area contributed by atoms with Gasteiger partial charge in [-0.05, 0) is 24.3 Å². The van der Waals surface area contributed by atoms with Crippen LogP contribution in [-0.2, 0) is 0 Å². The zero-order chi connectivity index (χ0) is 13.4. The smallest absolute Gasteiger partial charge is 0.339 e. The van der Waals surface area contributed by atoms with E-state index in [0.717, 1.165) is 0 Å². The molecule has 6 nitrogen and oxygen atoms in total. The predicted molar refractivity (Wildman–Crippen MR) is 67.5 cm³/mol. The molecule has 3 rings (SSSR count). The second-order valence-corrected chi connectivity index (χ2v) is 3.96. The minimum Gasteiger partial charge on any atom is -0.505 e. The van der Waals surface area contributed by atoms with Gasteiger partial charge in [-0.3, -0.25) is 0 Å². The average molecular weight is 255 g/mol. The molecule has 0 radical (unpaired) electrons. The van der Waals surface area contributed by atoms with Crippen LogP contribution >= 0.6 is 0 Å². The van der Waals surface area contributed by atoms with Crippen molar-refractivity contribution in [3.05, 3.63) is 48.0 Å². The number of rotatable bonds is 2. The van der Waals surface area contributed by atoms with E-state index in [0.29, 0.717) is 11.0 Å². The molecule has 0 spiro atoms. The summed E-state index contributed by atoms with van der Waals surface area (Å²) in [5.41, 5.74) is 1.39. The fraction of sp³-hybridized carbons (Fsp3) is 0. The summed E-state index contributed by atoms with van der Waals surface area (Å²) in [6.45, 7) is 0. The molecular weight excluding hydrogens is 246 g/mol. The molecule has 2 N–H and O–H groups in total. The van der Waals surface area contributed by atoms with E-state index in [-0.39, 0.29) is 17.0 Å². The van der Waals surface area contributed by atoms with Crippen molar-refractivity contribution >= 4 is 17.0 Å². The Morgan fingerprint density at radius 2 is 1.63 bits per heavy atom. The van der Waals surface area contributed by atoms with Crippen molar-refractivity contribution in [3.8, 4) is 11.4 Å². The van der Waals surface area contributed by atoms with Gasteiger partial charge in [0.05, 0.1) is 0 Å². The van der Waals surface area contributed by atoms with Gasteiger partial charge in [0, 0.05) is 0 Å². The SMILES string of the molecule is O=C(O)c1cccc(-n2nc3ccccc3n2)c1O. The van der Waals surface area contributed by atoms with Crippen LogP contribution < -0.4 is 0 Å². The van der Waals surface area contributed by atoms with Crippen LogP contribution in [0, 0.1) is 0 Å². The number of hydrogen-bond acceptors (Lipinski definition) is 4. The van der Waals surface area contributed by atoms with E-state index in [1.165, 1.54) is 16.9 Å². The molecule has 0 aliphatic carbocycles. The van der Waals surface area contributed by atoms with E-state index in [4.69, 9.17) is 5.11 Å². The Hall–Kier alpha value is -2.89. The minimum atomic E-state index is -1.20. The van der Waals surface area contributed by atoms with Crippen molar-refractivity contribution in [2.24, 2.45) is 0 Å². The van der Waals surface area contributed by atoms with E-state index in [9.17, 15) is 9.90 Å². The van der Waals surface area contributed by atoms with E-state index < -0.39 is 5.97 Å². The molecule has 94 valence electrons. The molecule has 6 heteroatoms. The van der Waals surface area contributed by atoms with Crippen LogP contribution in [0.5, 0.6) is 5.75 Å². The highest BCUT2D eigenvalue weighted by Gasteiger charge is 2.15. The van der Waals surface area contributed by atoms with E-state index in [1.807, 2.05) is 12.1 Å². The summed E-state index contributed by atoms with van der Waals surface area (Å²) in [5.74, 6) is -1.55. The van der Waals surface area contributed by atoms with Gasteiger partial charge in [0.2, 0.25) is 0 Å². The Kier molecular flexibility index (Phi) is 2.42. The summed E-state index contributed by atoms with van der Waals surface area (Å²) in [5, 5.41) is 27.3. The fourth-order valence-electron chi connectivity index (χ4n) is 1.83. The first-order chi connectivity index (χ1) is 9.16. The maximum Gasteiger partial charge on any atom is 0.339 e. The number of phenols is 1. The van der Waals surface area contributed by atoms with Crippen molar-refractivity contribution in [1.29, 1.82) is 0 Å². The Bertz CT molecular complexity index is 747. The van der Waals surface area contributed by atoms with Gasteiger partial charge >= 0.3 is 5.97 Å². The monoisotopic (exact) mass is 255 g/mol. The molecule has 0 atom stereocenters. The van der Waals surface area contributed by atoms with Crippen molar-refractivity contribution < 1.29 is 15.0 Å². The molecule has 0 bridgehead atoms. The number of aromatic hydroxyl groups is 1. The lowest BCUT2D eigenvalue weighted by molar-refractivity contribution is 0.0693. The van der Waals surface area contributed by atoms with Crippen molar-refractivity contribution in [1.82, 2.24) is 15.0 Å². The summed E-state index contributed by atoms with van der Waals surface area (Å²) in [4.78, 5) is 12.2. The van der Waals surface area contributed by atoms with Crippen LogP contribution in [0.25, 0.3) is 16.7 Å². The van der Waals surface area contributed by atoms with Gasteiger partial charge < -0.3 is 10.2 Å². The first-order valence-electron chi connectivity index (χ1n) is 5.54. The number of aromatic carboxylic acids is 1. The number of carbonyl (C=O) groups is 1. The summed E-state index contributed by atoms with van der Waals surface area (Å²) in [6.07, 6.45) is 0. The first-order valence-corrected chi connectivity index (χ1v) is 5.54. The largest absolute Gasteiger partial charge is 0.505 e. The lowest BCUT2D eigenvalue weighted by Gasteiger charge is -2.05. The highest BCUT2D eigenvalue weighted by atomic mass is 16.4. The van der Waals surface area contributed by atoms with Gasteiger partial charge in [0.1, 0.15) is 22.3 Å². The highest BCUT2D eigenvalue weighted by molar-refractivity contribution is 5.92. The van der Waals surface area contributed by atoms with Crippen LogP contribution in [0.2, 0.25) is 0 Å². The number of fused-ring (bicyclic) bond motifs is 1. The zero-order valence-corrected chi connectivity index (χ0v) is 9.69. The standard InChI is InChI=1S/C13H9N3O3/c17-12-8(13(18)19)4-3-7-11(12)16-14-9-5-1-2-6-10(9)15-16/h1-7,17H,(H,18,19). The van der Waals surface area contributed by atoms with Crippen LogP contribution in [-0.4, -0.2) is 31.2 Å². The zero-order valence-electron chi connectivity index (χ0n) is 9.69. The molecule has 0 aliphatic rings. The topological polar surface area (TPSA) is 88.2 Å². The van der Waals surface area contributed by atoms with Gasteiger partial charge in [-0.1, -0.05) is 18.2 Å². The number of hydrogen-bond donors (Lipinski definition) is 2. The third-order valence-electron chi connectivity index (χ3n) is 2.75. The minimum absolute atomic E-state index is 0.182. The number of aromatic nitrogens is 3. The molecule has 2 aromatic carbocycles. The lowest BCUT2D eigenvalue weighted by atomic mass is 10.2. The molecule has 0 unspecified atom stereocenters. The maximum atomic E-state index is 11.0. The van der Waals surface area contributed by atoms with Gasteiger partial charge in [0.15, 0.2) is 5.75 Å². The molecular formula is C13H9N3O3. The third-order valence-corrected chi connectivity index (χ3v) is 2.75. The van der Waals surface area contributed by atoms with Crippen LogP contribution in [0.1, 0.15) is 10.4 Å². The molecule has 1 heterocycles. The number of carboxylic acids is 1. The van der Waals surface area contributed by atoms with Crippen molar-refractivity contribution in [2.45, 2.75) is 0 Å². The van der Waals surface area contributed by atoms with Gasteiger partial charge in [0.25, 0.3) is 0 Å². The second kappa shape index (κ2) is 4.09. The number of para-hydroxylation sites is 1. The highest BCUT2D eigenvalue weighted by Crippen LogP contribution is 2.25.